The first-order valence-electron chi connectivity index (χ1n) is 9.75. The van der Waals surface area contributed by atoms with Crippen molar-refractivity contribution in [2.45, 2.75) is 26.2 Å². The van der Waals surface area contributed by atoms with Crippen LogP contribution >= 0.6 is 0 Å². The van der Waals surface area contributed by atoms with Gasteiger partial charge in [-0.2, -0.15) is 0 Å². The predicted octanol–water partition coefficient (Wildman–Crippen LogP) is 3.25. The van der Waals surface area contributed by atoms with Gasteiger partial charge in [0.05, 0.1) is 13.2 Å². The molecule has 162 valence electrons. The Morgan fingerprint density at radius 1 is 1.13 bits per heavy atom. The molecule has 0 heterocycles. The third kappa shape index (κ3) is 7.04. The molecule has 0 aliphatic rings. The molecule has 0 bridgehead atoms. The summed E-state index contributed by atoms with van der Waals surface area (Å²) in [7, 11) is 1.63. The summed E-state index contributed by atoms with van der Waals surface area (Å²) in [4.78, 5) is 11.7. The summed E-state index contributed by atoms with van der Waals surface area (Å²) in [5.41, 5.74) is 7.46. The van der Waals surface area contributed by atoms with E-state index in [0.29, 0.717) is 44.0 Å². The SMILES string of the molecule is CCOc1ccc(-c2ccc(CCC(=O)NC(=N)N)cc2OCCCOC)cc1F. The van der Waals surface area contributed by atoms with Gasteiger partial charge in [-0.1, -0.05) is 18.2 Å². The largest absolute Gasteiger partial charge is 0.493 e. The molecule has 0 saturated carbocycles. The van der Waals surface area contributed by atoms with E-state index >= 15 is 0 Å². The van der Waals surface area contributed by atoms with E-state index in [4.69, 9.17) is 25.4 Å². The van der Waals surface area contributed by atoms with Crippen LogP contribution in [0.5, 0.6) is 11.5 Å². The fourth-order valence-corrected chi connectivity index (χ4v) is 2.88. The minimum absolute atomic E-state index is 0.180. The summed E-state index contributed by atoms with van der Waals surface area (Å²) in [5, 5.41) is 9.37. The number of benzene rings is 2. The van der Waals surface area contributed by atoms with Crippen molar-refractivity contribution >= 4 is 11.9 Å². The van der Waals surface area contributed by atoms with Crippen LogP contribution in [0.15, 0.2) is 36.4 Å². The number of carbonyl (C=O) groups is 1. The second kappa shape index (κ2) is 11.8. The first kappa shape index (κ1) is 23.2. The molecule has 0 aromatic heterocycles. The highest BCUT2D eigenvalue weighted by Crippen LogP contribution is 2.34. The lowest BCUT2D eigenvalue weighted by molar-refractivity contribution is -0.119. The van der Waals surface area contributed by atoms with Crippen LogP contribution < -0.4 is 20.5 Å². The van der Waals surface area contributed by atoms with Gasteiger partial charge in [0.1, 0.15) is 5.75 Å². The molecule has 8 heteroatoms. The molecule has 2 rings (SSSR count). The zero-order valence-corrected chi connectivity index (χ0v) is 17.3. The highest BCUT2D eigenvalue weighted by atomic mass is 19.1. The van der Waals surface area contributed by atoms with E-state index in [9.17, 15) is 9.18 Å². The molecule has 7 nitrogen and oxygen atoms in total. The van der Waals surface area contributed by atoms with Crippen LogP contribution in [0, 0.1) is 11.2 Å². The van der Waals surface area contributed by atoms with Gasteiger partial charge >= 0.3 is 0 Å². The molecule has 0 saturated heterocycles. The first-order chi connectivity index (χ1) is 14.4. The van der Waals surface area contributed by atoms with E-state index in [1.54, 1.807) is 26.2 Å². The topological polar surface area (TPSA) is 107 Å². The number of nitrogens with one attached hydrogen (secondary N) is 2. The van der Waals surface area contributed by atoms with Crippen molar-refractivity contribution in [2.75, 3.05) is 26.9 Å². The fraction of sp³-hybridized carbons (Fsp3) is 0.364. The van der Waals surface area contributed by atoms with Crippen LogP contribution in [-0.2, 0) is 16.0 Å². The summed E-state index contributed by atoms with van der Waals surface area (Å²) >= 11 is 0. The lowest BCUT2D eigenvalue weighted by atomic mass is 10.00. The van der Waals surface area contributed by atoms with E-state index in [0.717, 1.165) is 11.1 Å². The Kier molecular flexibility index (Phi) is 9.08. The molecular weight excluding hydrogens is 389 g/mol. The van der Waals surface area contributed by atoms with Crippen molar-refractivity contribution in [3.05, 3.63) is 47.8 Å². The monoisotopic (exact) mass is 417 g/mol. The van der Waals surface area contributed by atoms with E-state index in [1.807, 2.05) is 18.2 Å². The number of carbonyl (C=O) groups excluding carboxylic acids is 1. The van der Waals surface area contributed by atoms with Crippen LogP contribution in [0.1, 0.15) is 25.3 Å². The predicted molar refractivity (Wildman–Crippen MR) is 113 cm³/mol. The van der Waals surface area contributed by atoms with Crippen molar-refractivity contribution in [1.82, 2.24) is 5.32 Å². The molecule has 0 atom stereocenters. The van der Waals surface area contributed by atoms with Crippen LogP contribution in [0.2, 0.25) is 0 Å². The number of hydrogen-bond acceptors (Lipinski definition) is 5. The average molecular weight is 417 g/mol. The maximum atomic E-state index is 14.3. The molecule has 0 radical (unpaired) electrons. The Labute approximate surface area is 175 Å². The molecule has 30 heavy (non-hydrogen) atoms. The van der Waals surface area contributed by atoms with E-state index in [-0.39, 0.29) is 24.0 Å². The van der Waals surface area contributed by atoms with Gasteiger partial charge in [-0.15, -0.1) is 0 Å². The molecule has 2 aromatic carbocycles. The third-order valence-electron chi connectivity index (χ3n) is 4.25. The van der Waals surface area contributed by atoms with Gasteiger partial charge in [0.15, 0.2) is 17.5 Å². The van der Waals surface area contributed by atoms with Gasteiger partial charge in [-0.05, 0) is 42.7 Å². The average Bonchev–Trinajstić information content (AvgIpc) is 2.71. The molecule has 0 fully saturated rings. The quantitative estimate of drug-likeness (QED) is 0.296. The second-order valence-corrected chi connectivity index (χ2v) is 6.57. The van der Waals surface area contributed by atoms with Gasteiger partial charge in [0, 0.05) is 32.1 Å². The van der Waals surface area contributed by atoms with Gasteiger partial charge in [-0.3, -0.25) is 15.5 Å². The van der Waals surface area contributed by atoms with Gasteiger partial charge in [-0.25, -0.2) is 4.39 Å². The molecule has 0 spiro atoms. The van der Waals surface area contributed by atoms with Crippen LogP contribution in [0.25, 0.3) is 11.1 Å². The molecule has 2 aromatic rings. The third-order valence-corrected chi connectivity index (χ3v) is 4.25. The Bertz CT molecular complexity index is 873. The number of hydrogen-bond donors (Lipinski definition) is 3. The molecule has 1 amide bonds. The fourth-order valence-electron chi connectivity index (χ4n) is 2.88. The van der Waals surface area contributed by atoms with E-state index in [1.165, 1.54) is 6.07 Å². The van der Waals surface area contributed by atoms with E-state index in [2.05, 4.69) is 5.32 Å². The number of amides is 1. The maximum Gasteiger partial charge on any atom is 0.226 e. The highest BCUT2D eigenvalue weighted by Gasteiger charge is 2.12. The Balaban J connectivity index is 2.24. The van der Waals surface area contributed by atoms with Gasteiger partial charge in [0.25, 0.3) is 0 Å². The van der Waals surface area contributed by atoms with Crippen molar-refractivity contribution in [1.29, 1.82) is 5.41 Å². The van der Waals surface area contributed by atoms with Crippen molar-refractivity contribution < 1.29 is 23.4 Å². The Morgan fingerprint density at radius 3 is 2.60 bits per heavy atom. The molecule has 0 aliphatic carbocycles. The van der Waals surface area contributed by atoms with Crippen molar-refractivity contribution in [2.24, 2.45) is 5.73 Å². The van der Waals surface area contributed by atoms with E-state index < -0.39 is 5.82 Å². The number of aryl methyl sites for hydroxylation is 1. The van der Waals surface area contributed by atoms with Gasteiger partial charge < -0.3 is 19.9 Å². The smallest absolute Gasteiger partial charge is 0.226 e. The van der Waals surface area contributed by atoms with Crippen LogP contribution in [-0.4, -0.2) is 38.8 Å². The minimum atomic E-state index is -0.440. The van der Waals surface area contributed by atoms with Crippen LogP contribution in [0.3, 0.4) is 0 Å². The lowest BCUT2D eigenvalue weighted by Crippen LogP contribution is -2.35. The number of nitrogens with two attached hydrogens (primary N) is 1. The first-order valence-corrected chi connectivity index (χ1v) is 9.75. The number of halogens is 1. The number of guanidine groups is 1. The van der Waals surface area contributed by atoms with Crippen molar-refractivity contribution in [3.8, 4) is 22.6 Å². The number of methoxy groups -OCH3 is 1. The summed E-state index contributed by atoms with van der Waals surface area (Å²) in [5.74, 6) is -0.349. The Hall–Kier alpha value is -3.13. The lowest BCUT2D eigenvalue weighted by Gasteiger charge is -2.15. The second-order valence-electron chi connectivity index (χ2n) is 6.57. The Morgan fingerprint density at radius 2 is 1.93 bits per heavy atom. The minimum Gasteiger partial charge on any atom is -0.493 e. The molecular formula is C22H28FN3O4. The summed E-state index contributed by atoms with van der Waals surface area (Å²) in [6.45, 7) is 3.19. The normalized spacial score (nSPS) is 10.5. The summed E-state index contributed by atoms with van der Waals surface area (Å²) in [6, 6.07) is 10.4. The highest BCUT2D eigenvalue weighted by molar-refractivity contribution is 5.94. The van der Waals surface area contributed by atoms with Gasteiger partial charge in [0.2, 0.25) is 5.91 Å². The summed E-state index contributed by atoms with van der Waals surface area (Å²) in [6.07, 6.45) is 1.34. The van der Waals surface area contributed by atoms with Crippen molar-refractivity contribution in [3.63, 3.8) is 0 Å². The number of rotatable bonds is 11. The standard InChI is InChI=1S/C22H28FN3O4/c1-3-29-19-9-7-16(14-18(19)23)17-8-5-15(6-10-21(27)26-22(24)25)13-20(17)30-12-4-11-28-2/h5,7-9,13-14H,3-4,6,10-12H2,1-2H3,(H4,24,25,26,27). The molecule has 4 N–H and O–H groups in total. The zero-order chi connectivity index (χ0) is 21.9. The molecule has 0 aliphatic heterocycles. The van der Waals surface area contributed by atoms with Crippen LogP contribution in [0.4, 0.5) is 4.39 Å². The maximum absolute atomic E-state index is 14.3. The number of ether oxygens (including phenoxy) is 3. The zero-order valence-electron chi connectivity index (χ0n) is 17.3. The summed E-state index contributed by atoms with van der Waals surface area (Å²) < 4.78 is 30.6. The molecule has 0 unspecified atom stereocenters.